The first-order valence-electron chi connectivity index (χ1n) is 12.2. The van der Waals surface area contributed by atoms with E-state index in [1.54, 1.807) is 31.2 Å². The second-order valence-corrected chi connectivity index (χ2v) is 8.32. The topological polar surface area (TPSA) is 171 Å². The molecule has 1 aromatic carbocycles. The molecule has 1 aliphatic rings. The van der Waals surface area contributed by atoms with Gasteiger partial charge in [-0.2, -0.15) is 4.98 Å². The predicted molar refractivity (Wildman–Crippen MR) is 133 cm³/mol. The Morgan fingerprint density at radius 2 is 1.74 bits per heavy atom. The molecule has 204 valence electrons. The van der Waals surface area contributed by atoms with Crippen molar-refractivity contribution in [3.8, 4) is 17.3 Å². The number of piperazine rings is 1. The zero-order valence-electron chi connectivity index (χ0n) is 21.0. The normalized spacial score (nSPS) is 13.9. The summed E-state index contributed by atoms with van der Waals surface area (Å²) < 4.78 is 10.4. The standard InChI is InChI=1S/C25H31N5O8/c1-2-37-25(36)30-12-10-29(11-13-30)24(35)18(8-9-21(32)33)27-23(34)19-16-20(38-15-14-31)28-22(26-19)17-6-4-3-5-7-17/h3-7,16,18,31H,2,8-15H2,1H3,(H,27,34)(H,32,33). The van der Waals surface area contributed by atoms with Gasteiger partial charge in [0, 0.05) is 44.2 Å². The third-order valence-corrected chi connectivity index (χ3v) is 5.68. The minimum atomic E-state index is -1.13. The molecule has 13 heteroatoms. The molecule has 1 atom stereocenters. The highest BCUT2D eigenvalue weighted by molar-refractivity contribution is 5.96. The molecule has 1 aliphatic heterocycles. The van der Waals surface area contributed by atoms with E-state index in [9.17, 15) is 24.3 Å². The van der Waals surface area contributed by atoms with E-state index in [2.05, 4.69) is 15.3 Å². The van der Waals surface area contributed by atoms with Gasteiger partial charge in [-0.3, -0.25) is 14.4 Å². The van der Waals surface area contributed by atoms with Crippen LogP contribution < -0.4 is 10.1 Å². The van der Waals surface area contributed by atoms with Gasteiger partial charge in [-0.15, -0.1) is 0 Å². The number of ether oxygens (including phenoxy) is 2. The molecule has 0 aliphatic carbocycles. The highest BCUT2D eigenvalue weighted by Crippen LogP contribution is 2.19. The van der Waals surface area contributed by atoms with Crippen molar-refractivity contribution in [1.82, 2.24) is 25.1 Å². The monoisotopic (exact) mass is 529 g/mol. The number of hydrogen-bond donors (Lipinski definition) is 3. The van der Waals surface area contributed by atoms with Crippen LogP contribution in [0.25, 0.3) is 11.4 Å². The number of aliphatic carboxylic acids is 1. The lowest BCUT2D eigenvalue weighted by Gasteiger charge is -2.35. The third-order valence-electron chi connectivity index (χ3n) is 5.68. The van der Waals surface area contributed by atoms with E-state index in [1.807, 2.05) is 6.07 Å². The molecule has 2 aromatic rings. The number of aliphatic hydroxyl groups is 1. The Morgan fingerprint density at radius 3 is 2.37 bits per heavy atom. The maximum atomic E-state index is 13.3. The summed E-state index contributed by atoms with van der Waals surface area (Å²) in [5.74, 6) is -2.03. The molecule has 2 heterocycles. The molecular formula is C25H31N5O8. The molecular weight excluding hydrogens is 498 g/mol. The number of benzene rings is 1. The quantitative estimate of drug-likeness (QED) is 0.378. The molecule has 1 unspecified atom stereocenters. The summed E-state index contributed by atoms with van der Waals surface area (Å²) in [6.45, 7) is 2.55. The number of nitrogens with zero attached hydrogens (tertiary/aromatic N) is 4. The summed E-state index contributed by atoms with van der Waals surface area (Å²) in [6.07, 6.45) is -0.946. The van der Waals surface area contributed by atoms with Crippen LogP contribution in [0, 0.1) is 0 Å². The first-order chi connectivity index (χ1) is 18.3. The lowest BCUT2D eigenvalue weighted by Crippen LogP contribution is -2.56. The molecule has 3 N–H and O–H groups in total. The van der Waals surface area contributed by atoms with Crippen LogP contribution >= 0.6 is 0 Å². The molecule has 0 radical (unpaired) electrons. The van der Waals surface area contributed by atoms with Crippen molar-refractivity contribution in [2.24, 2.45) is 0 Å². The minimum Gasteiger partial charge on any atom is -0.481 e. The summed E-state index contributed by atoms with van der Waals surface area (Å²) in [4.78, 5) is 61.2. The Kier molecular flexibility index (Phi) is 10.3. The fraction of sp³-hybridized carbons (Fsp3) is 0.440. The second kappa shape index (κ2) is 13.9. The van der Waals surface area contributed by atoms with Gasteiger partial charge >= 0.3 is 12.1 Å². The number of carbonyl (C=O) groups is 4. The zero-order chi connectivity index (χ0) is 27.5. The van der Waals surface area contributed by atoms with Gasteiger partial charge in [0.25, 0.3) is 5.91 Å². The number of aromatic nitrogens is 2. The van der Waals surface area contributed by atoms with Crippen molar-refractivity contribution in [3.05, 3.63) is 42.1 Å². The fourth-order valence-electron chi connectivity index (χ4n) is 3.78. The molecule has 0 spiro atoms. The van der Waals surface area contributed by atoms with Gasteiger partial charge in [-0.1, -0.05) is 30.3 Å². The van der Waals surface area contributed by atoms with Crippen LogP contribution in [0.1, 0.15) is 30.3 Å². The summed E-state index contributed by atoms with van der Waals surface area (Å²) in [5, 5.41) is 20.9. The first kappa shape index (κ1) is 28.3. The SMILES string of the molecule is CCOC(=O)N1CCN(C(=O)C(CCC(=O)O)NC(=O)c2cc(OCCO)nc(-c3ccccc3)n2)CC1. The Hall–Kier alpha value is -4.26. The summed E-state index contributed by atoms with van der Waals surface area (Å²) in [7, 11) is 0. The molecule has 13 nitrogen and oxygen atoms in total. The van der Waals surface area contributed by atoms with Gasteiger partial charge < -0.3 is 34.8 Å². The molecule has 38 heavy (non-hydrogen) atoms. The Bertz CT molecular complexity index is 1120. The second-order valence-electron chi connectivity index (χ2n) is 8.32. The van der Waals surface area contributed by atoms with Gasteiger partial charge in [0.15, 0.2) is 5.82 Å². The third kappa shape index (κ3) is 7.87. The van der Waals surface area contributed by atoms with E-state index >= 15 is 0 Å². The lowest BCUT2D eigenvalue weighted by molar-refractivity contribution is -0.138. The number of hydrogen-bond acceptors (Lipinski definition) is 9. The molecule has 1 fully saturated rings. The van der Waals surface area contributed by atoms with Crippen LogP contribution in [0.5, 0.6) is 5.88 Å². The summed E-state index contributed by atoms with van der Waals surface area (Å²) >= 11 is 0. The smallest absolute Gasteiger partial charge is 0.409 e. The molecule has 1 aromatic heterocycles. The first-order valence-corrected chi connectivity index (χ1v) is 12.2. The lowest BCUT2D eigenvalue weighted by atomic mass is 10.1. The molecule has 3 amide bonds. The van der Waals surface area contributed by atoms with E-state index in [4.69, 9.17) is 14.6 Å². The Labute approximate surface area is 219 Å². The van der Waals surface area contributed by atoms with Crippen molar-refractivity contribution in [2.45, 2.75) is 25.8 Å². The maximum Gasteiger partial charge on any atom is 0.409 e. The van der Waals surface area contributed by atoms with Gasteiger partial charge in [-0.25, -0.2) is 9.78 Å². The minimum absolute atomic E-state index is 0.0518. The largest absolute Gasteiger partial charge is 0.481 e. The summed E-state index contributed by atoms with van der Waals surface area (Å²) in [6, 6.07) is 9.03. The van der Waals surface area contributed by atoms with Crippen LogP contribution in [0.3, 0.4) is 0 Å². The van der Waals surface area contributed by atoms with E-state index < -0.39 is 29.9 Å². The van der Waals surface area contributed by atoms with E-state index in [-0.39, 0.29) is 76.2 Å². The number of carbonyl (C=O) groups excluding carboxylic acids is 3. The average molecular weight is 530 g/mol. The van der Waals surface area contributed by atoms with Crippen molar-refractivity contribution in [1.29, 1.82) is 0 Å². The number of nitrogens with one attached hydrogen (secondary N) is 1. The van der Waals surface area contributed by atoms with Crippen LogP contribution in [0.15, 0.2) is 36.4 Å². The van der Waals surface area contributed by atoms with Crippen LogP contribution in [-0.4, -0.2) is 106 Å². The number of rotatable bonds is 11. The summed E-state index contributed by atoms with van der Waals surface area (Å²) in [5.41, 5.74) is 0.529. The highest BCUT2D eigenvalue weighted by atomic mass is 16.6. The van der Waals surface area contributed by atoms with E-state index in [0.717, 1.165) is 0 Å². The molecule has 0 bridgehead atoms. The number of carboxylic acid groups (broad SMARTS) is 1. The Balaban J connectivity index is 1.78. The van der Waals surface area contributed by atoms with Crippen LogP contribution in [0.2, 0.25) is 0 Å². The fourth-order valence-corrected chi connectivity index (χ4v) is 3.78. The molecule has 3 rings (SSSR count). The maximum absolute atomic E-state index is 13.3. The number of aliphatic hydroxyl groups excluding tert-OH is 1. The van der Waals surface area contributed by atoms with Crippen molar-refractivity contribution < 1.29 is 38.9 Å². The molecule has 1 saturated heterocycles. The van der Waals surface area contributed by atoms with Crippen molar-refractivity contribution in [2.75, 3.05) is 46.0 Å². The van der Waals surface area contributed by atoms with Crippen LogP contribution in [0.4, 0.5) is 4.79 Å². The van der Waals surface area contributed by atoms with Gasteiger partial charge in [0.1, 0.15) is 18.3 Å². The Morgan fingerprint density at radius 1 is 1.05 bits per heavy atom. The zero-order valence-corrected chi connectivity index (χ0v) is 21.0. The van der Waals surface area contributed by atoms with Crippen LogP contribution in [-0.2, 0) is 14.3 Å². The van der Waals surface area contributed by atoms with Gasteiger partial charge in [0.2, 0.25) is 11.8 Å². The van der Waals surface area contributed by atoms with E-state index in [1.165, 1.54) is 15.9 Å². The number of carboxylic acids is 1. The average Bonchev–Trinajstić information content (AvgIpc) is 2.94. The van der Waals surface area contributed by atoms with Gasteiger partial charge in [0.05, 0.1) is 13.2 Å². The van der Waals surface area contributed by atoms with Crippen molar-refractivity contribution in [3.63, 3.8) is 0 Å². The van der Waals surface area contributed by atoms with E-state index in [0.29, 0.717) is 5.56 Å². The predicted octanol–water partition coefficient (Wildman–Crippen LogP) is 0.779. The molecule has 0 saturated carbocycles. The number of amides is 3. The van der Waals surface area contributed by atoms with Crippen molar-refractivity contribution >= 4 is 23.9 Å². The highest BCUT2D eigenvalue weighted by Gasteiger charge is 2.31. The van der Waals surface area contributed by atoms with Gasteiger partial charge in [-0.05, 0) is 13.3 Å².